The molecule has 0 saturated carbocycles. The highest BCUT2D eigenvalue weighted by atomic mass is 19.1. The number of carbonyl (C=O) groups is 1. The Hall–Kier alpha value is -3.05. The molecule has 5 heteroatoms. The quantitative estimate of drug-likeness (QED) is 0.647. The van der Waals surface area contributed by atoms with E-state index in [2.05, 4.69) is 4.98 Å². The molecule has 0 radical (unpaired) electrons. The molecule has 0 fully saturated rings. The van der Waals surface area contributed by atoms with Gasteiger partial charge in [-0.25, -0.2) is 9.37 Å². The molecule has 1 atom stereocenters. The molecule has 4 nitrogen and oxygen atoms in total. The van der Waals surface area contributed by atoms with E-state index in [0.29, 0.717) is 25.2 Å². The summed E-state index contributed by atoms with van der Waals surface area (Å²) in [6, 6.07) is 15.9. The molecular formula is C21H16FNO3. The highest BCUT2D eigenvalue weighted by Gasteiger charge is 2.30. The van der Waals surface area contributed by atoms with Crippen molar-refractivity contribution in [3.05, 3.63) is 94.6 Å². The van der Waals surface area contributed by atoms with Crippen LogP contribution < -0.4 is 4.74 Å². The molecule has 1 unspecified atom stereocenters. The van der Waals surface area contributed by atoms with Gasteiger partial charge in [-0.05, 0) is 23.3 Å². The van der Waals surface area contributed by atoms with Crippen LogP contribution in [0, 0.1) is 5.82 Å². The first-order valence-corrected chi connectivity index (χ1v) is 8.27. The number of rotatable bonds is 5. The number of benzene rings is 2. The predicted octanol–water partition coefficient (Wildman–Crippen LogP) is 4.23. The first kappa shape index (κ1) is 16.4. The van der Waals surface area contributed by atoms with Gasteiger partial charge in [0.15, 0.2) is 12.0 Å². The zero-order valence-corrected chi connectivity index (χ0v) is 13.9. The second kappa shape index (κ2) is 7.06. The Kier molecular flexibility index (Phi) is 4.46. The number of pyridine rings is 1. The van der Waals surface area contributed by atoms with Crippen LogP contribution in [-0.2, 0) is 18.0 Å². The minimum atomic E-state index is -0.349. The maximum Gasteiger partial charge on any atom is 0.172 e. The van der Waals surface area contributed by atoms with E-state index >= 15 is 0 Å². The van der Waals surface area contributed by atoms with E-state index in [-0.39, 0.29) is 17.6 Å². The molecule has 0 bridgehead atoms. The average Bonchev–Trinajstić information content (AvgIpc) is 3.11. The third kappa shape index (κ3) is 3.09. The third-order valence-electron chi connectivity index (χ3n) is 4.39. The van der Waals surface area contributed by atoms with Gasteiger partial charge in [0.05, 0.1) is 6.61 Å². The van der Waals surface area contributed by atoms with E-state index < -0.39 is 0 Å². The number of aldehydes is 1. The van der Waals surface area contributed by atoms with E-state index in [1.54, 1.807) is 18.3 Å². The van der Waals surface area contributed by atoms with E-state index in [4.69, 9.17) is 9.47 Å². The van der Waals surface area contributed by atoms with Crippen molar-refractivity contribution in [2.45, 2.75) is 19.3 Å². The van der Waals surface area contributed by atoms with Crippen molar-refractivity contribution in [3.63, 3.8) is 0 Å². The molecule has 3 aromatic rings. The fraction of sp³-hybridized carbons (Fsp3) is 0.143. The molecule has 2 heterocycles. The summed E-state index contributed by atoms with van der Waals surface area (Å²) in [5, 5.41) is 0. The summed E-state index contributed by atoms with van der Waals surface area (Å²) >= 11 is 0. The van der Waals surface area contributed by atoms with Crippen molar-refractivity contribution in [1.82, 2.24) is 4.98 Å². The number of fused-ring (bicyclic) bond motifs is 1. The minimum Gasteiger partial charge on any atom is -0.486 e. The van der Waals surface area contributed by atoms with Crippen LogP contribution in [0.1, 0.15) is 38.8 Å². The normalized spacial score (nSPS) is 15.5. The second-order valence-corrected chi connectivity index (χ2v) is 6.04. The van der Waals surface area contributed by atoms with Gasteiger partial charge >= 0.3 is 0 Å². The van der Waals surface area contributed by atoms with Crippen LogP contribution in [0.2, 0.25) is 0 Å². The fourth-order valence-corrected chi connectivity index (χ4v) is 3.08. The van der Waals surface area contributed by atoms with Crippen molar-refractivity contribution in [3.8, 4) is 5.75 Å². The van der Waals surface area contributed by atoms with Crippen LogP contribution >= 0.6 is 0 Å². The number of hydrogen-bond donors (Lipinski definition) is 0. The van der Waals surface area contributed by atoms with Gasteiger partial charge in [-0.1, -0.05) is 42.5 Å². The summed E-state index contributed by atoms with van der Waals surface area (Å²) in [5.74, 6) is 0.152. The Morgan fingerprint density at radius 2 is 1.92 bits per heavy atom. The Morgan fingerprint density at radius 3 is 2.65 bits per heavy atom. The molecule has 4 rings (SSSR count). The first-order valence-electron chi connectivity index (χ1n) is 8.27. The summed E-state index contributed by atoms with van der Waals surface area (Å²) in [6.07, 6.45) is 1.97. The minimum absolute atomic E-state index is 0.253. The smallest absolute Gasteiger partial charge is 0.172 e. The van der Waals surface area contributed by atoms with E-state index in [1.807, 2.05) is 30.3 Å². The lowest BCUT2D eigenvalue weighted by molar-refractivity contribution is 0.0928. The van der Waals surface area contributed by atoms with E-state index in [9.17, 15) is 9.18 Å². The molecule has 0 N–H and O–H groups in total. The predicted molar refractivity (Wildman–Crippen MR) is 93.4 cm³/mol. The number of halogens is 1. The molecule has 130 valence electrons. The molecule has 1 aliphatic rings. The maximum atomic E-state index is 13.2. The summed E-state index contributed by atoms with van der Waals surface area (Å²) in [5.41, 5.74) is 3.73. The van der Waals surface area contributed by atoms with Gasteiger partial charge in [0.25, 0.3) is 0 Å². The zero-order chi connectivity index (χ0) is 17.9. The highest BCUT2D eigenvalue weighted by Crippen LogP contribution is 2.40. The van der Waals surface area contributed by atoms with Crippen molar-refractivity contribution in [2.24, 2.45) is 0 Å². The number of nitrogens with zero attached hydrogens (tertiary/aromatic N) is 1. The van der Waals surface area contributed by atoms with Gasteiger partial charge in [-0.15, -0.1) is 0 Å². The van der Waals surface area contributed by atoms with Gasteiger partial charge in [0.1, 0.15) is 24.2 Å². The summed E-state index contributed by atoms with van der Waals surface area (Å²) in [6.45, 7) is 0.645. The zero-order valence-electron chi connectivity index (χ0n) is 13.9. The van der Waals surface area contributed by atoms with Crippen LogP contribution in [-0.4, -0.2) is 11.3 Å². The lowest BCUT2D eigenvalue weighted by atomic mass is 10.00. The van der Waals surface area contributed by atoms with Gasteiger partial charge in [0, 0.05) is 17.3 Å². The summed E-state index contributed by atoms with van der Waals surface area (Å²) < 4.78 is 25.0. The molecule has 1 aliphatic heterocycles. The second-order valence-electron chi connectivity index (χ2n) is 6.04. The Labute approximate surface area is 150 Å². The number of carbonyl (C=O) groups excluding carboxylic acids is 1. The van der Waals surface area contributed by atoms with Crippen molar-refractivity contribution < 1.29 is 18.7 Å². The van der Waals surface area contributed by atoms with Gasteiger partial charge < -0.3 is 9.47 Å². The van der Waals surface area contributed by atoms with Gasteiger partial charge in [-0.2, -0.15) is 0 Å². The molecular weight excluding hydrogens is 333 g/mol. The van der Waals surface area contributed by atoms with Crippen molar-refractivity contribution in [2.75, 3.05) is 0 Å². The average molecular weight is 349 g/mol. The number of ether oxygens (including phenoxy) is 2. The summed E-state index contributed by atoms with van der Waals surface area (Å²) in [7, 11) is 0. The number of aromatic nitrogens is 1. The molecule has 0 spiro atoms. The standard InChI is InChI=1S/C21H16FNO3/c22-16-8-6-15(7-9-16)20-17-10-23-19(11-24)21(18(17)13-26-20)25-12-14-4-2-1-3-5-14/h1-11,20H,12-13H2. The molecule has 26 heavy (non-hydrogen) atoms. The van der Waals surface area contributed by atoms with Crippen molar-refractivity contribution in [1.29, 1.82) is 0 Å². The summed E-state index contributed by atoms with van der Waals surface area (Å²) in [4.78, 5) is 15.6. The van der Waals surface area contributed by atoms with Crippen molar-refractivity contribution >= 4 is 6.29 Å². The molecule has 1 aromatic heterocycles. The van der Waals surface area contributed by atoms with Crippen LogP contribution in [0.3, 0.4) is 0 Å². The van der Waals surface area contributed by atoms with E-state index in [0.717, 1.165) is 22.3 Å². The molecule has 0 aliphatic carbocycles. The molecule has 2 aromatic carbocycles. The molecule has 0 saturated heterocycles. The van der Waals surface area contributed by atoms with Crippen LogP contribution in [0.15, 0.2) is 60.8 Å². The highest BCUT2D eigenvalue weighted by molar-refractivity contribution is 5.78. The maximum absolute atomic E-state index is 13.2. The Balaban J connectivity index is 1.67. The fourth-order valence-electron chi connectivity index (χ4n) is 3.08. The van der Waals surface area contributed by atoms with Gasteiger partial charge in [-0.3, -0.25) is 4.79 Å². The lowest BCUT2D eigenvalue weighted by Crippen LogP contribution is -2.05. The van der Waals surface area contributed by atoms with Gasteiger partial charge in [0.2, 0.25) is 0 Å². The van der Waals surface area contributed by atoms with E-state index in [1.165, 1.54) is 12.1 Å². The Bertz CT molecular complexity index is 926. The number of hydrogen-bond acceptors (Lipinski definition) is 4. The first-order chi connectivity index (χ1) is 12.8. The molecule has 0 amide bonds. The van der Waals surface area contributed by atoms with Crippen LogP contribution in [0.4, 0.5) is 4.39 Å². The largest absolute Gasteiger partial charge is 0.486 e. The Morgan fingerprint density at radius 1 is 1.15 bits per heavy atom. The lowest BCUT2D eigenvalue weighted by Gasteiger charge is -2.14. The SMILES string of the molecule is O=Cc1ncc2c(c1OCc1ccccc1)COC2c1ccc(F)cc1. The van der Waals surface area contributed by atoms with Crippen LogP contribution in [0.25, 0.3) is 0 Å². The van der Waals surface area contributed by atoms with Crippen LogP contribution in [0.5, 0.6) is 5.75 Å². The topological polar surface area (TPSA) is 48.4 Å². The third-order valence-corrected chi connectivity index (χ3v) is 4.39. The monoisotopic (exact) mass is 349 g/mol.